The van der Waals surface area contributed by atoms with Crippen LogP contribution in [-0.4, -0.2) is 15.6 Å². The van der Waals surface area contributed by atoms with Gasteiger partial charge >= 0.3 is 0 Å². The van der Waals surface area contributed by atoms with E-state index < -0.39 is 0 Å². The minimum atomic E-state index is 0.129. The van der Waals surface area contributed by atoms with Crippen LogP contribution in [0, 0.1) is 16.7 Å². The molecule has 118 valence electrons. The molecule has 4 nitrogen and oxygen atoms in total. The molecule has 23 heavy (non-hydrogen) atoms. The second kappa shape index (κ2) is 6.10. The Kier molecular flexibility index (Phi) is 4.14. The van der Waals surface area contributed by atoms with E-state index in [0.29, 0.717) is 10.6 Å². The Morgan fingerprint density at radius 3 is 2.91 bits per heavy atom. The first kappa shape index (κ1) is 15.6. The molecule has 0 spiro atoms. The van der Waals surface area contributed by atoms with Gasteiger partial charge in [-0.05, 0) is 42.5 Å². The second-order valence-corrected chi connectivity index (χ2v) is 6.95. The molecule has 3 rings (SSSR count). The first-order valence-electron chi connectivity index (χ1n) is 7.65. The molecule has 1 aliphatic carbocycles. The highest BCUT2D eigenvalue weighted by molar-refractivity contribution is 6.32. The number of aromatic nitrogens is 2. The largest absolute Gasteiger partial charge is 0.378 e. The van der Waals surface area contributed by atoms with Crippen molar-refractivity contribution in [2.75, 3.05) is 5.32 Å². The lowest BCUT2D eigenvalue weighted by Crippen LogP contribution is -2.37. The predicted molar refractivity (Wildman–Crippen MR) is 93.1 cm³/mol. The van der Waals surface area contributed by atoms with Gasteiger partial charge in [0.05, 0.1) is 23.0 Å². The maximum absolute atomic E-state index is 8.98. The Hall–Kier alpha value is -2.25. The lowest BCUT2D eigenvalue weighted by molar-refractivity contribution is 0.304. The van der Waals surface area contributed by atoms with Gasteiger partial charge in [-0.25, -0.2) is 4.98 Å². The van der Waals surface area contributed by atoms with Crippen molar-refractivity contribution in [2.24, 2.45) is 5.41 Å². The van der Waals surface area contributed by atoms with Crippen molar-refractivity contribution in [1.82, 2.24) is 9.55 Å². The normalized spacial score (nSPS) is 19.7. The number of hydrogen-bond donors (Lipinski definition) is 1. The van der Waals surface area contributed by atoms with E-state index in [2.05, 4.69) is 40.9 Å². The Balaban J connectivity index is 1.88. The van der Waals surface area contributed by atoms with Gasteiger partial charge in [0.25, 0.3) is 0 Å². The van der Waals surface area contributed by atoms with Gasteiger partial charge in [0.1, 0.15) is 6.07 Å². The Labute approximate surface area is 141 Å². The van der Waals surface area contributed by atoms with Crippen LogP contribution in [0.25, 0.3) is 5.70 Å². The summed E-state index contributed by atoms with van der Waals surface area (Å²) in [4.78, 5) is 4.13. The van der Waals surface area contributed by atoms with Crippen LogP contribution in [0.1, 0.15) is 32.3 Å². The van der Waals surface area contributed by atoms with Crippen LogP contribution in [0.4, 0.5) is 5.69 Å². The summed E-state index contributed by atoms with van der Waals surface area (Å²) in [7, 11) is 0. The summed E-state index contributed by atoms with van der Waals surface area (Å²) in [6.07, 6.45) is 9.97. The van der Waals surface area contributed by atoms with Crippen molar-refractivity contribution in [2.45, 2.75) is 32.7 Å². The summed E-state index contributed by atoms with van der Waals surface area (Å²) in [6, 6.07) is 7.73. The average Bonchev–Trinajstić information content (AvgIpc) is 3.04. The highest BCUT2D eigenvalue weighted by Crippen LogP contribution is 2.38. The number of nitrogens with zero attached hydrogens (tertiary/aromatic N) is 3. The van der Waals surface area contributed by atoms with Gasteiger partial charge in [-0.1, -0.05) is 25.4 Å². The van der Waals surface area contributed by atoms with E-state index in [1.807, 2.05) is 24.7 Å². The van der Waals surface area contributed by atoms with Gasteiger partial charge in [0.15, 0.2) is 0 Å². The van der Waals surface area contributed by atoms with Gasteiger partial charge in [-0.2, -0.15) is 5.26 Å². The van der Waals surface area contributed by atoms with Crippen LogP contribution < -0.4 is 5.32 Å². The number of anilines is 1. The molecular weight excluding hydrogens is 308 g/mol. The Bertz CT molecular complexity index is 769. The maximum atomic E-state index is 8.98. The van der Waals surface area contributed by atoms with Crippen molar-refractivity contribution in [3.05, 3.63) is 53.6 Å². The summed E-state index contributed by atoms with van der Waals surface area (Å²) in [5, 5.41) is 13.0. The molecular formula is C18H19ClN4. The van der Waals surface area contributed by atoms with Crippen molar-refractivity contribution < 1.29 is 0 Å². The molecule has 0 saturated carbocycles. The molecule has 2 aromatic rings. The van der Waals surface area contributed by atoms with Crippen molar-refractivity contribution in [3.63, 3.8) is 0 Å². The highest BCUT2D eigenvalue weighted by atomic mass is 35.5. The topological polar surface area (TPSA) is 53.6 Å². The lowest BCUT2D eigenvalue weighted by Gasteiger charge is -2.38. The van der Waals surface area contributed by atoms with E-state index in [9.17, 15) is 0 Å². The number of benzene rings is 1. The molecule has 0 saturated heterocycles. The molecule has 1 atom stereocenters. The smallest absolute Gasteiger partial charge is 0.101 e. The van der Waals surface area contributed by atoms with E-state index in [1.54, 1.807) is 12.3 Å². The first-order chi connectivity index (χ1) is 11.0. The molecule has 0 bridgehead atoms. The van der Waals surface area contributed by atoms with Gasteiger partial charge in [0, 0.05) is 23.8 Å². The third-order valence-electron chi connectivity index (χ3n) is 4.47. The van der Waals surface area contributed by atoms with Gasteiger partial charge in [0.2, 0.25) is 0 Å². The predicted octanol–water partition coefficient (Wildman–Crippen LogP) is 4.55. The summed E-state index contributed by atoms with van der Waals surface area (Å²) >= 11 is 6.14. The Morgan fingerprint density at radius 1 is 1.43 bits per heavy atom. The maximum Gasteiger partial charge on any atom is 0.101 e. The first-order valence-corrected chi connectivity index (χ1v) is 8.02. The molecule has 1 aromatic heterocycles. The molecule has 0 fully saturated rings. The molecule has 0 radical (unpaired) electrons. The molecule has 1 aromatic carbocycles. The quantitative estimate of drug-likeness (QED) is 0.900. The Morgan fingerprint density at radius 2 is 2.26 bits per heavy atom. The number of nitrogens with one attached hydrogen (secondary N) is 1. The number of nitriles is 1. The zero-order valence-corrected chi connectivity index (χ0v) is 14.0. The van der Waals surface area contributed by atoms with E-state index in [-0.39, 0.29) is 11.5 Å². The molecule has 0 amide bonds. The van der Waals surface area contributed by atoms with Crippen LogP contribution >= 0.6 is 11.6 Å². The fourth-order valence-electron chi connectivity index (χ4n) is 2.86. The summed E-state index contributed by atoms with van der Waals surface area (Å²) in [5.41, 5.74) is 2.80. The van der Waals surface area contributed by atoms with E-state index in [4.69, 9.17) is 16.9 Å². The molecule has 1 N–H and O–H groups in total. The molecule has 0 aliphatic heterocycles. The minimum Gasteiger partial charge on any atom is -0.378 e. The van der Waals surface area contributed by atoms with Crippen molar-refractivity contribution in [3.8, 4) is 6.07 Å². The minimum absolute atomic E-state index is 0.129. The average molecular weight is 327 g/mol. The van der Waals surface area contributed by atoms with Crippen LogP contribution in [0.3, 0.4) is 0 Å². The number of halogens is 1. The fraction of sp³-hybridized carbons (Fsp3) is 0.333. The van der Waals surface area contributed by atoms with Gasteiger partial charge < -0.3 is 9.88 Å². The molecule has 1 aliphatic rings. The number of allylic oxidation sites excluding steroid dienone is 1. The lowest BCUT2D eigenvalue weighted by atomic mass is 9.75. The van der Waals surface area contributed by atoms with E-state index in [0.717, 1.165) is 18.5 Å². The van der Waals surface area contributed by atoms with Gasteiger partial charge in [-0.15, -0.1) is 0 Å². The SMILES string of the molecule is CC1(C)CCC(n2ccnc2)=CC1Nc1ccc(C#N)c(Cl)c1. The van der Waals surface area contributed by atoms with Crippen LogP contribution in [0.5, 0.6) is 0 Å². The molecule has 1 heterocycles. The molecule has 5 heteroatoms. The third-order valence-corrected chi connectivity index (χ3v) is 4.79. The van der Waals surface area contributed by atoms with Gasteiger partial charge in [-0.3, -0.25) is 0 Å². The number of rotatable bonds is 3. The van der Waals surface area contributed by atoms with E-state index in [1.165, 1.54) is 5.70 Å². The number of imidazole rings is 1. The van der Waals surface area contributed by atoms with Crippen LogP contribution in [-0.2, 0) is 0 Å². The van der Waals surface area contributed by atoms with Crippen molar-refractivity contribution in [1.29, 1.82) is 5.26 Å². The molecule has 1 unspecified atom stereocenters. The standard InChI is InChI=1S/C18H19ClN4/c1-18(2)6-5-15(23-8-7-21-12-23)10-17(18)22-14-4-3-13(11-20)16(19)9-14/h3-4,7-10,12,17,22H,5-6H2,1-2H3. The van der Waals surface area contributed by atoms with E-state index >= 15 is 0 Å². The van der Waals surface area contributed by atoms with Crippen LogP contribution in [0.15, 0.2) is 43.0 Å². The monoisotopic (exact) mass is 326 g/mol. The second-order valence-electron chi connectivity index (χ2n) is 6.54. The fourth-order valence-corrected chi connectivity index (χ4v) is 3.09. The summed E-state index contributed by atoms with van der Waals surface area (Å²) in [5.74, 6) is 0. The number of hydrogen-bond acceptors (Lipinski definition) is 3. The summed E-state index contributed by atoms with van der Waals surface area (Å²) in [6.45, 7) is 4.52. The van der Waals surface area contributed by atoms with Crippen molar-refractivity contribution >= 4 is 23.0 Å². The van der Waals surface area contributed by atoms with Crippen LogP contribution in [0.2, 0.25) is 5.02 Å². The third kappa shape index (κ3) is 3.25. The zero-order chi connectivity index (χ0) is 16.4. The summed E-state index contributed by atoms with van der Waals surface area (Å²) < 4.78 is 2.07. The zero-order valence-electron chi connectivity index (χ0n) is 13.3. The highest BCUT2D eigenvalue weighted by Gasteiger charge is 2.32.